The molecular formula is C12H11N3O2. The Balaban J connectivity index is 2.12. The normalized spacial score (nSPS) is 11.1. The fourth-order valence-electron chi connectivity index (χ4n) is 1.90. The summed E-state index contributed by atoms with van der Waals surface area (Å²) in [6, 6.07) is 9.58. The number of fused-ring (bicyclic) bond motifs is 1. The number of imidazole rings is 1. The first-order valence-corrected chi connectivity index (χ1v) is 5.33. The van der Waals surface area contributed by atoms with Crippen LogP contribution in [0.5, 0.6) is 0 Å². The second kappa shape index (κ2) is 4.03. The number of aliphatic hydroxyl groups excluding tert-OH is 1. The predicted octanol–water partition coefficient (Wildman–Crippen LogP) is 1.56. The Morgan fingerprint density at radius 1 is 1.24 bits per heavy atom. The van der Waals surface area contributed by atoms with E-state index in [0.29, 0.717) is 12.4 Å². The summed E-state index contributed by atoms with van der Waals surface area (Å²) in [5.41, 5.74) is 2.67. The molecule has 0 bridgehead atoms. The Bertz CT molecular complexity index is 628. The van der Waals surface area contributed by atoms with Crippen molar-refractivity contribution in [3.05, 3.63) is 48.1 Å². The maximum atomic E-state index is 9.32. The van der Waals surface area contributed by atoms with E-state index in [0.717, 1.165) is 16.7 Å². The maximum Gasteiger partial charge on any atom is 0.136 e. The third-order valence-electron chi connectivity index (χ3n) is 2.69. The van der Waals surface area contributed by atoms with Crippen LogP contribution in [0.3, 0.4) is 0 Å². The van der Waals surface area contributed by atoms with Crippen molar-refractivity contribution in [3.63, 3.8) is 0 Å². The van der Waals surface area contributed by atoms with Gasteiger partial charge in [-0.3, -0.25) is 0 Å². The molecule has 0 unspecified atom stereocenters. The van der Waals surface area contributed by atoms with Crippen molar-refractivity contribution in [1.82, 2.24) is 14.7 Å². The average Bonchev–Trinajstić information content (AvgIpc) is 2.98. The molecule has 0 amide bonds. The van der Waals surface area contributed by atoms with Crippen LogP contribution in [0.25, 0.3) is 11.0 Å². The van der Waals surface area contributed by atoms with Crippen LogP contribution in [0.4, 0.5) is 0 Å². The van der Waals surface area contributed by atoms with E-state index in [9.17, 15) is 5.11 Å². The molecule has 0 aliphatic heterocycles. The molecule has 1 N–H and O–H groups in total. The van der Waals surface area contributed by atoms with E-state index in [1.807, 2.05) is 28.8 Å². The summed E-state index contributed by atoms with van der Waals surface area (Å²) in [5, 5.41) is 13.2. The van der Waals surface area contributed by atoms with Crippen LogP contribution >= 0.6 is 0 Å². The van der Waals surface area contributed by atoms with E-state index in [2.05, 4.69) is 10.1 Å². The van der Waals surface area contributed by atoms with Crippen LogP contribution in [-0.4, -0.2) is 19.8 Å². The van der Waals surface area contributed by atoms with Crippen molar-refractivity contribution in [2.45, 2.75) is 13.2 Å². The predicted molar refractivity (Wildman–Crippen MR) is 61.3 cm³/mol. The average molecular weight is 229 g/mol. The van der Waals surface area contributed by atoms with Crippen molar-refractivity contribution in [2.75, 3.05) is 0 Å². The molecule has 3 rings (SSSR count). The Kier molecular flexibility index (Phi) is 2.38. The lowest BCUT2D eigenvalue weighted by molar-refractivity contribution is 0.266. The van der Waals surface area contributed by atoms with Crippen molar-refractivity contribution in [1.29, 1.82) is 0 Å². The van der Waals surface area contributed by atoms with Gasteiger partial charge in [0.1, 0.15) is 24.4 Å². The van der Waals surface area contributed by atoms with Crippen molar-refractivity contribution >= 4 is 11.0 Å². The standard InChI is InChI=1S/C12H11N3O2/c16-8-12-13-10-3-1-2-4-11(10)15(12)7-9-5-6-17-14-9/h1-6,16H,7-8H2. The number of hydrogen-bond acceptors (Lipinski definition) is 4. The zero-order chi connectivity index (χ0) is 11.7. The minimum absolute atomic E-state index is 0.0907. The molecule has 0 radical (unpaired) electrons. The SMILES string of the molecule is OCc1nc2ccccc2n1Cc1ccon1. The van der Waals surface area contributed by atoms with Gasteiger partial charge in [-0.25, -0.2) is 4.98 Å². The van der Waals surface area contributed by atoms with E-state index >= 15 is 0 Å². The number of nitrogens with zero attached hydrogens (tertiary/aromatic N) is 3. The quantitative estimate of drug-likeness (QED) is 0.740. The monoisotopic (exact) mass is 229 g/mol. The molecule has 86 valence electrons. The molecule has 1 aromatic carbocycles. The van der Waals surface area contributed by atoms with Crippen LogP contribution in [0.1, 0.15) is 11.5 Å². The Labute approximate surface area is 97.3 Å². The van der Waals surface area contributed by atoms with Gasteiger partial charge in [-0.05, 0) is 12.1 Å². The van der Waals surface area contributed by atoms with Gasteiger partial charge >= 0.3 is 0 Å². The van der Waals surface area contributed by atoms with Crippen LogP contribution in [0.15, 0.2) is 41.1 Å². The Morgan fingerprint density at radius 2 is 2.12 bits per heavy atom. The van der Waals surface area contributed by atoms with Gasteiger partial charge in [0.15, 0.2) is 0 Å². The fraction of sp³-hybridized carbons (Fsp3) is 0.167. The minimum Gasteiger partial charge on any atom is -0.388 e. The molecule has 5 heteroatoms. The molecule has 0 saturated carbocycles. The summed E-state index contributed by atoms with van der Waals surface area (Å²) >= 11 is 0. The molecule has 0 fully saturated rings. The summed E-state index contributed by atoms with van der Waals surface area (Å²) in [5.74, 6) is 0.634. The van der Waals surface area contributed by atoms with E-state index in [-0.39, 0.29) is 6.61 Å². The number of hydrogen-bond donors (Lipinski definition) is 1. The first kappa shape index (κ1) is 10.0. The molecule has 0 aliphatic rings. The molecule has 0 aliphatic carbocycles. The van der Waals surface area contributed by atoms with E-state index < -0.39 is 0 Å². The molecule has 17 heavy (non-hydrogen) atoms. The zero-order valence-corrected chi connectivity index (χ0v) is 9.08. The highest BCUT2D eigenvalue weighted by Crippen LogP contribution is 2.17. The largest absolute Gasteiger partial charge is 0.388 e. The lowest BCUT2D eigenvalue weighted by atomic mass is 10.3. The van der Waals surface area contributed by atoms with Crippen LogP contribution in [0, 0.1) is 0 Å². The highest BCUT2D eigenvalue weighted by molar-refractivity contribution is 5.75. The van der Waals surface area contributed by atoms with Crippen molar-refractivity contribution in [3.8, 4) is 0 Å². The van der Waals surface area contributed by atoms with Gasteiger partial charge in [0.2, 0.25) is 0 Å². The smallest absolute Gasteiger partial charge is 0.136 e. The first-order valence-electron chi connectivity index (χ1n) is 5.33. The highest BCUT2D eigenvalue weighted by atomic mass is 16.5. The molecule has 0 saturated heterocycles. The maximum absolute atomic E-state index is 9.32. The Hall–Kier alpha value is -2.14. The molecule has 0 spiro atoms. The van der Waals surface area contributed by atoms with Gasteiger partial charge in [-0.2, -0.15) is 0 Å². The first-order chi connectivity index (χ1) is 8.38. The minimum atomic E-state index is -0.0907. The summed E-state index contributed by atoms with van der Waals surface area (Å²) in [7, 11) is 0. The van der Waals surface area contributed by atoms with Crippen LogP contribution in [-0.2, 0) is 13.2 Å². The second-order valence-corrected chi connectivity index (χ2v) is 3.75. The molecule has 3 aromatic rings. The molecule has 2 heterocycles. The van der Waals surface area contributed by atoms with Gasteiger partial charge in [-0.1, -0.05) is 17.3 Å². The molecule has 2 aromatic heterocycles. The number of para-hydroxylation sites is 2. The van der Waals surface area contributed by atoms with Crippen LogP contribution in [0.2, 0.25) is 0 Å². The van der Waals surface area contributed by atoms with Gasteiger partial charge in [-0.15, -0.1) is 0 Å². The number of aromatic nitrogens is 3. The van der Waals surface area contributed by atoms with Gasteiger partial charge in [0, 0.05) is 6.07 Å². The van der Waals surface area contributed by atoms with Gasteiger partial charge in [0.05, 0.1) is 17.6 Å². The lowest BCUT2D eigenvalue weighted by Gasteiger charge is -2.04. The van der Waals surface area contributed by atoms with Crippen LogP contribution < -0.4 is 0 Å². The zero-order valence-electron chi connectivity index (χ0n) is 9.08. The summed E-state index contributed by atoms with van der Waals surface area (Å²) in [6.07, 6.45) is 1.53. The third kappa shape index (κ3) is 1.70. The fourth-order valence-corrected chi connectivity index (χ4v) is 1.90. The van der Waals surface area contributed by atoms with E-state index in [1.54, 1.807) is 6.07 Å². The van der Waals surface area contributed by atoms with E-state index in [4.69, 9.17) is 4.52 Å². The lowest BCUT2D eigenvalue weighted by Crippen LogP contribution is -2.05. The second-order valence-electron chi connectivity index (χ2n) is 3.75. The summed E-state index contributed by atoms with van der Waals surface area (Å²) in [4.78, 5) is 4.37. The van der Waals surface area contributed by atoms with Crippen molar-refractivity contribution < 1.29 is 9.63 Å². The Morgan fingerprint density at radius 3 is 2.88 bits per heavy atom. The number of aliphatic hydroxyl groups is 1. The number of benzene rings is 1. The summed E-state index contributed by atoms with van der Waals surface area (Å²) < 4.78 is 6.74. The molecular weight excluding hydrogens is 218 g/mol. The van der Waals surface area contributed by atoms with Gasteiger partial charge in [0.25, 0.3) is 0 Å². The van der Waals surface area contributed by atoms with E-state index in [1.165, 1.54) is 6.26 Å². The third-order valence-corrected chi connectivity index (χ3v) is 2.69. The molecule has 0 atom stereocenters. The highest BCUT2D eigenvalue weighted by Gasteiger charge is 2.10. The van der Waals surface area contributed by atoms with Gasteiger partial charge < -0.3 is 14.2 Å². The molecule has 5 nitrogen and oxygen atoms in total. The van der Waals surface area contributed by atoms with Crippen molar-refractivity contribution in [2.24, 2.45) is 0 Å². The topological polar surface area (TPSA) is 64.1 Å². The summed E-state index contributed by atoms with van der Waals surface area (Å²) in [6.45, 7) is 0.458. The number of rotatable bonds is 3.